The van der Waals surface area contributed by atoms with Gasteiger partial charge >= 0.3 is 0 Å². The van der Waals surface area contributed by atoms with Crippen LogP contribution in [0.15, 0.2) is 24.4 Å². The van der Waals surface area contributed by atoms with Gasteiger partial charge in [-0.3, -0.25) is 14.7 Å². The Morgan fingerprint density at radius 3 is 2.86 bits per heavy atom. The molecule has 6 heteroatoms. The number of carbonyl (C=O) groups is 1. The number of aliphatic hydroxyl groups is 1. The Balaban J connectivity index is 1.51. The summed E-state index contributed by atoms with van der Waals surface area (Å²) < 4.78 is 5.27. The first kappa shape index (κ1) is 15.4. The maximum absolute atomic E-state index is 12.3. The standard InChI is InChI=1S/C16H23N3O3/c20-15-11-18(12-16(21)19-5-7-22-8-6-19)10-13(15)9-14-3-1-2-4-17-14/h1-4,13,15,20H,5-12H2/t13-,15-/m1/s1. The number of rotatable bonds is 4. The summed E-state index contributed by atoms with van der Waals surface area (Å²) in [6.45, 7) is 4.28. The van der Waals surface area contributed by atoms with Gasteiger partial charge in [-0.1, -0.05) is 6.07 Å². The van der Waals surface area contributed by atoms with Crippen LogP contribution in [0.25, 0.3) is 0 Å². The molecule has 1 amide bonds. The van der Waals surface area contributed by atoms with Crippen LogP contribution in [0.2, 0.25) is 0 Å². The molecular formula is C16H23N3O3. The highest BCUT2D eigenvalue weighted by Gasteiger charge is 2.33. The summed E-state index contributed by atoms with van der Waals surface area (Å²) in [6, 6.07) is 5.83. The first-order valence-electron chi connectivity index (χ1n) is 7.88. The molecule has 2 aliphatic rings. The zero-order chi connectivity index (χ0) is 15.4. The number of hydrogen-bond acceptors (Lipinski definition) is 5. The maximum Gasteiger partial charge on any atom is 0.236 e. The smallest absolute Gasteiger partial charge is 0.236 e. The van der Waals surface area contributed by atoms with E-state index in [-0.39, 0.29) is 17.9 Å². The molecule has 22 heavy (non-hydrogen) atoms. The number of pyridine rings is 1. The molecule has 1 N–H and O–H groups in total. The fraction of sp³-hybridized carbons (Fsp3) is 0.625. The molecule has 0 spiro atoms. The Kier molecular flexibility index (Phi) is 5.02. The second-order valence-electron chi connectivity index (χ2n) is 6.04. The van der Waals surface area contributed by atoms with E-state index in [9.17, 15) is 9.90 Å². The van der Waals surface area contributed by atoms with E-state index in [1.54, 1.807) is 6.20 Å². The molecule has 0 aliphatic carbocycles. The van der Waals surface area contributed by atoms with E-state index in [2.05, 4.69) is 9.88 Å². The van der Waals surface area contributed by atoms with Gasteiger partial charge in [0.25, 0.3) is 0 Å². The van der Waals surface area contributed by atoms with E-state index in [1.165, 1.54) is 0 Å². The van der Waals surface area contributed by atoms with Gasteiger partial charge in [-0.05, 0) is 18.6 Å². The van der Waals surface area contributed by atoms with Gasteiger partial charge in [-0.25, -0.2) is 0 Å². The Morgan fingerprint density at radius 1 is 1.32 bits per heavy atom. The lowest BCUT2D eigenvalue weighted by Gasteiger charge is -2.28. The van der Waals surface area contributed by atoms with E-state index in [1.807, 2.05) is 23.1 Å². The predicted octanol–water partition coefficient (Wildman–Crippen LogP) is -0.224. The molecule has 2 fully saturated rings. The number of amides is 1. The van der Waals surface area contributed by atoms with Gasteiger partial charge in [-0.2, -0.15) is 0 Å². The van der Waals surface area contributed by atoms with Crippen LogP contribution in [-0.4, -0.2) is 77.8 Å². The third-order valence-corrected chi connectivity index (χ3v) is 4.40. The van der Waals surface area contributed by atoms with Crippen molar-refractivity contribution in [1.29, 1.82) is 0 Å². The first-order valence-corrected chi connectivity index (χ1v) is 7.88. The number of β-amino-alcohol motifs (C(OH)–C–C–N with tert-alkyl or cyclic N) is 1. The Bertz CT molecular complexity index is 491. The summed E-state index contributed by atoms with van der Waals surface area (Å²) in [5.74, 6) is 0.279. The number of morpholine rings is 1. The first-order chi connectivity index (χ1) is 10.7. The zero-order valence-electron chi connectivity index (χ0n) is 12.7. The van der Waals surface area contributed by atoms with E-state index in [4.69, 9.17) is 4.74 Å². The molecule has 120 valence electrons. The molecule has 1 aromatic heterocycles. The number of ether oxygens (including phenoxy) is 1. The van der Waals surface area contributed by atoms with Gasteiger partial charge in [0.15, 0.2) is 0 Å². The SMILES string of the molecule is O=C(CN1C[C@@H](Cc2ccccn2)[C@H](O)C1)N1CCOCC1. The monoisotopic (exact) mass is 305 g/mol. The lowest BCUT2D eigenvalue weighted by molar-refractivity contribution is -0.136. The van der Waals surface area contributed by atoms with E-state index >= 15 is 0 Å². The second-order valence-corrected chi connectivity index (χ2v) is 6.04. The van der Waals surface area contributed by atoms with Crippen molar-refractivity contribution < 1.29 is 14.6 Å². The van der Waals surface area contributed by atoms with Crippen molar-refractivity contribution in [3.8, 4) is 0 Å². The third-order valence-electron chi connectivity index (χ3n) is 4.40. The predicted molar refractivity (Wildman–Crippen MR) is 81.3 cm³/mol. The van der Waals surface area contributed by atoms with Crippen molar-refractivity contribution in [3.63, 3.8) is 0 Å². The number of aromatic nitrogens is 1. The second kappa shape index (κ2) is 7.17. The molecule has 0 unspecified atom stereocenters. The normalized spacial score (nSPS) is 26.3. The molecule has 0 bridgehead atoms. The van der Waals surface area contributed by atoms with Crippen molar-refractivity contribution in [3.05, 3.63) is 30.1 Å². The van der Waals surface area contributed by atoms with Crippen molar-refractivity contribution in [2.24, 2.45) is 5.92 Å². The topological polar surface area (TPSA) is 65.9 Å². The van der Waals surface area contributed by atoms with Crippen molar-refractivity contribution in [2.45, 2.75) is 12.5 Å². The molecule has 2 atom stereocenters. The lowest BCUT2D eigenvalue weighted by atomic mass is 10.00. The Hall–Kier alpha value is -1.50. The number of hydrogen-bond donors (Lipinski definition) is 1. The average Bonchev–Trinajstić information content (AvgIpc) is 2.88. The van der Waals surface area contributed by atoms with Crippen LogP contribution in [0, 0.1) is 5.92 Å². The molecule has 3 rings (SSSR count). The van der Waals surface area contributed by atoms with Crippen molar-refractivity contribution >= 4 is 5.91 Å². The van der Waals surface area contributed by atoms with Crippen LogP contribution in [0.3, 0.4) is 0 Å². The Morgan fingerprint density at radius 2 is 2.14 bits per heavy atom. The van der Waals surface area contributed by atoms with Crippen LogP contribution < -0.4 is 0 Å². The number of nitrogens with zero attached hydrogens (tertiary/aromatic N) is 3. The summed E-state index contributed by atoms with van der Waals surface area (Å²) in [5.41, 5.74) is 0.993. The number of carbonyl (C=O) groups excluding carboxylic acids is 1. The van der Waals surface area contributed by atoms with Crippen molar-refractivity contribution in [1.82, 2.24) is 14.8 Å². The van der Waals surface area contributed by atoms with Gasteiger partial charge in [0.05, 0.1) is 25.9 Å². The van der Waals surface area contributed by atoms with Crippen LogP contribution in [0.4, 0.5) is 0 Å². The summed E-state index contributed by atoms with van der Waals surface area (Å²) in [4.78, 5) is 20.5. The van der Waals surface area contributed by atoms with E-state index in [0.29, 0.717) is 39.4 Å². The van der Waals surface area contributed by atoms with Crippen molar-refractivity contribution in [2.75, 3.05) is 45.9 Å². The fourth-order valence-electron chi connectivity index (χ4n) is 3.16. The van der Waals surface area contributed by atoms with Crippen LogP contribution in [-0.2, 0) is 16.0 Å². The highest BCUT2D eigenvalue weighted by atomic mass is 16.5. The number of aliphatic hydroxyl groups excluding tert-OH is 1. The van der Waals surface area contributed by atoms with Crippen LogP contribution >= 0.6 is 0 Å². The molecule has 1 aromatic rings. The van der Waals surface area contributed by atoms with Gasteiger partial charge in [0.1, 0.15) is 0 Å². The summed E-state index contributed by atoms with van der Waals surface area (Å²) in [5, 5.41) is 10.2. The minimum atomic E-state index is -0.389. The van der Waals surface area contributed by atoms with Gasteiger partial charge < -0.3 is 14.7 Å². The van der Waals surface area contributed by atoms with E-state index < -0.39 is 0 Å². The highest BCUT2D eigenvalue weighted by molar-refractivity contribution is 5.78. The maximum atomic E-state index is 12.3. The van der Waals surface area contributed by atoms with Gasteiger partial charge in [-0.15, -0.1) is 0 Å². The molecule has 0 saturated carbocycles. The zero-order valence-corrected chi connectivity index (χ0v) is 12.7. The lowest BCUT2D eigenvalue weighted by Crippen LogP contribution is -2.45. The van der Waals surface area contributed by atoms with Crippen LogP contribution in [0.1, 0.15) is 5.69 Å². The molecule has 2 aliphatic heterocycles. The summed E-state index contributed by atoms with van der Waals surface area (Å²) in [7, 11) is 0. The molecule has 0 aromatic carbocycles. The van der Waals surface area contributed by atoms with Gasteiger partial charge in [0, 0.05) is 44.0 Å². The summed E-state index contributed by atoms with van der Waals surface area (Å²) in [6.07, 6.45) is 2.14. The molecule has 3 heterocycles. The highest BCUT2D eigenvalue weighted by Crippen LogP contribution is 2.20. The quantitative estimate of drug-likeness (QED) is 0.833. The molecular weight excluding hydrogens is 282 g/mol. The average molecular weight is 305 g/mol. The molecule has 2 saturated heterocycles. The van der Waals surface area contributed by atoms with E-state index in [0.717, 1.165) is 18.7 Å². The van der Waals surface area contributed by atoms with Crippen LogP contribution in [0.5, 0.6) is 0 Å². The Labute approximate surface area is 130 Å². The largest absolute Gasteiger partial charge is 0.391 e. The fourth-order valence-corrected chi connectivity index (χ4v) is 3.16. The summed E-state index contributed by atoms with van der Waals surface area (Å²) >= 11 is 0. The molecule has 0 radical (unpaired) electrons. The minimum Gasteiger partial charge on any atom is -0.391 e. The number of likely N-dealkylation sites (tertiary alicyclic amines) is 1. The molecule has 6 nitrogen and oxygen atoms in total. The minimum absolute atomic E-state index is 0.133. The third kappa shape index (κ3) is 3.82. The van der Waals surface area contributed by atoms with Gasteiger partial charge in [0.2, 0.25) is 5.91 Å².